The summed E-state index contributed by atoms with van der Waals surface area (Å²) in [5.41, 5.74) is 2.07. The molecule has 0 aliphatic carbocycles. The first-order chi connectivity index (χ1) is 8.79. The lowest BCUT2D eigenvalue weighted by Crippen LogP contribution is -2.14. The smallest absolute Gasteiger partial charge is 0.149 e. The number of pyridine rings is 1. The summed E-state index contributed by atoms with van der Waals surface area (Å²) >= 11 is 1.66. The van der Waals surface area contributed by atoms with Gasteiger partial charge in [-0.1, -0.05) is 18.3 Å². The molecule has 0 amide bonds. The Hall–Kier alpha value is -1.33. The van der Waals surface area contributed by atoms with Crippen LogP contribution in [0.2, 0.25) is 0 Å². The van der Waals surface area contributed by atoms with Crippen molar-refractivity contribution >= 4 is 11.3 Å². The van der Waals surface area contributed by atoms with Gasteiger partial charge in [-0.25, -0.2) is 0 Å². The maximum atomic E-state index is 4.28. The molecule has 0 fully saturated rings. The minimum absolute atomic E-state index is 0.959. The molecule has 0 bridgehead atoms. The highest BCUT2D eigenvalue weighted by Gasteiger charge is 2.06. The van der Waals surface area contributed by atoms with Crippen LogP contribution < -0.4 is 5.32 Å². The third-order valence-electron chi connectivity index (χ3n) is 2.62. The van der Waals surface area contributed by atoms with Gasteiger partial charge in [0.25, 0.3) is 0 Å². The SMILES string of the molecule is CCNCCCc1nnc(-c2ccc(C)nc2)s1. The van der Waals surface area contributed by atoms with E-state index < -0.39 is 0 Å². The summed E-state index contributed by atoms with van der Waals surface area (Å²) in [5.74, 6) is 0. The third kappa shape index (κ3) is 3.58. The molecule has 1 N–H and O–H groups in total. The van der Waals surface area contributed by atoms with Gasteiger partial charge in [0.1, 0.15) is 10.0 Å². The molecule has 0 spiro atoms. The number of aromatic nitrogens is 3. The predicted octanol–water partition coefficient (Wildman–Crippen LogP) is 2.45. The molecule has 0 aromatic carbocycles. The molecule has 0 radical (unpaired) electrons. The summed E-state index contributed by atoms with van der Waals surface area (Å²) in [4.78, 5) is 4.28. The molecule has 2 aromatic rings. The second-order valence-corrected chi connectivity index (χ2v) is 5.21. The van der Waals surface area contributed by atoms with Gasteiger partial charge < -0.3 is 5.32 Å². The van der Waals surface area contributed by atoms with E-state index in [0.29, 0.717) is 0 Å². The predicted molar refractivity (Wildman–Crippen MR) is 74.7 cm³/mol. The average Bonchev–Trinajstić information content (AvgIpc) is 2.84. The summed E-state index contributed by atoms with van der Waals surface area (Å²) in [5, 5.41) is 13.8. The average molecular weight is 262 g/mol. The zero-order valence-electron chi connectivity index (χ0n) is 10.8. The summed E-state index contributed by atoms with van der Waals surface area (Å²) < 4.78 is 0. The molecule has 0 atom stereocenters. The van der Waals surface area contributed by atoms with E-state index in [1.54, 1.807) is 11.3 Å². The Morgan fingerprint density at radius 3 is 2.89 bits per heavy atom. The van der Waals surface area contributed by atoms with Gasteiger partial charge in [0.15, 0.2) is 0 Å². The summed E-state index contributed by atoms with van der Waals surface area (Å²) in [6.45, 7) is 6.16. The highest BCUT2D eigenvalue weighted by Crippen LogP contribution is 2.23. The topological polar surface area (TPSA) is 50.7 Å². The minimum atomic E-state index is 0.959. The fourth-order valence-electron chi connectivity index (χ4n) is 1.61. The summed E-state index contributed by atoms with van der Waals surface area (Å²) in [6, 6.07) is 4.05. The van der Waals surface area contributed by atoms with E-state index in [1.165, 1.54) is 0 Å². The second kappa shape index (κ2) is 6.56. The first-order valence-electron chi connectivity index (χ1n) is 6.25. The van der Waals surface area contributed by atoms with Crippen LogP contribution in [0.5, 0.6) is 0 Å². The number of hydrogen-bond donors (Lipinski definition) is 1. The van der Waals surface area contributed by atoms with Crippen molar-refractivity contribution in [3.63, 3.8) is 0 Å². The van der Waals surface area contributed by atoms with Crippen molar-refractivity contribution < 1.29 is 0 Å². The van der Waals surface area contributed by atoms with Gasteiger partial charge in [-0.2, -0.15) is 0 Å². The van der Waals surface area contributed by atoms with Gasteiger partial charge in [0, 0.05) is 23.9 Å². The van der Waals surface area contributed by atoms with E-state index in [2.05, 4.69) is 27.4 Å². The van der Waals surface area contributed by atoms with Crippen molar-refractivity contribution in [2.24, 2.45) is 0 Å². The first kappa shape index (κ1) is 13.1. The summed E-state index contributed by atoms with van der Waals surface area (Å²) in [7, 11) is 0. The normalized spacial score (nSPS) is 10.8. The molecule has 4 nitrogen and oxygen atoms in total. The number of aryl methyl sites for hydroxylation is 2. The zero-order chi connectivity index (χ0) is 12.8. The molecule has 18 heavy (non-hydrogen) atoms. The van der Waals surface area contributed by atoms with Crippen LogP contribution in [0.4, 0.5) is 0 Å². The molecular formula is C13H18N4S. The lowest BCUT2D eigenvalue weighted by atomic mass is 10.3. The maximum Gasteiger partial charge on any atom is 0.149 e. The van der Waals surface area contributed by atoms with E-state index in [1.807, 2.05) is 25.3 Å². The van der Waals surface area contributed by atoms with E-state index in [0.717, 1.165) is 47.2 Å². The lowest BCUT2D eigenvalue weighted by molar-refractivity contribution is 0.669. The van der Waals surface area contributed by atoms with Gasteiger partial charge in [-0.05, 0) is 38.6 Å². The van der Waals surface area contributed by atoms with Gasteiger partial charge >= 0.3 is 0 Å². The molecule has 0 unspecified atom stereocenters. The third-order valence-corrected chi connectivity index (χ3v) is 3.65. The van der Waals surface area contributed by atoms with Crippen LogP contribution >= 0.6 is 11.3 Å². The van der Waals surface area contributed by atoms with E-state index in [4.69, 9.17) is 0 Å². The quantitative estimate of drug-likeness (QED) is 0.812. The molecule has 2 rings (SSSR count). The molecule has 2 heterocycles. The van der Waals surface area contributed by atoms with E-state index in [-0.39, 0.29) is 0 Å². The lowest BCUT2D eigenvalue weighted by Gasteiger charge is -1.97. The highest BCUT2D eigenvalue weighted by atomic mass is 32.1. The van der Waals surface area contributed by atoms with Crippen molar-refractivity contribution in [3.8, 4) is 10.6 Å². The van der Waals surface area contributed by atoms with Crippen LogP contribution in [0.3, 0.4) is 0 Å². The van der Waals surface area contributed by atoms with Crippen molar-refractivity contribution in [2.45, 2.75) is 26.7 Å². The van der Waals surface area contributed by atoms with Gasteiger partial charge in [0.05, 0.1) is 0 Å². The van der Waals surface area contributed by atoms with Gasteiger partial charge in [-0.15, -0.1) is 10.2 Å². The standard InChI is InChI=1S/C13H18N4S/c1-3-14-8-4-5-12-16-17-13(18-12)11-7-6-10(2)15-9-11/h6-7,9,14H,3-5,8H2,1-2H3. The number of hydrogen-bond acceptors (Lipinski definition) is 5. The van der Waals surface area contributed by atoms with Gasteiger partial charge in [-0.3, -0.25) is 4.98 Å². The van der Waals surface area contributed by atoms with Crippen LogP contribution in [0.15, 0.2) is 18.3 Å². The fourth-order valence-corrected chi connectivity index (χ4v) is 2.48. The minimum Gasteiger partial charge on any atom is -0.317 e. The van der Waals surface area contributed by atoms with Crippen LogP contribution in [0.25, 0.3) is 10.6 Å². The number of nitrogens with one attached hydrogen (secondary N) is 1. The van der Waals surface area contributed by atoms with Crippen molar-refractivity contribution in [2.75, 3.05) is 13.1 Å². The van der Waals surface area contributed by atoms with Crippen LogP contribution in [-0.2, 0) is 6.42 Å². The molecular weight excluding hydrogens is 244 g/mol. The van der Waals surface area contributed by atoms with Crippen molar-refractivity contribution in [3.05, 3.63) is 29.0 Å². The summed E-state index contributed by atoms with van der Waals surface area (Å²) in [6.07, 6.45) is 3.96. The Balaban J connectivity index is 1.95. The monoisotopic (exact) mass is 262 g/mol. The molecule has 5 heteroatoms. The molecule has 0 aliphatic rings. The molecule has 0 saturated carbocycles. The van der Waals surface area contributed by atoms with Crippen molar-refractivity contribution in [1.82, 2.24) is 20.5 Å². The molecule has 0 saturated heterocycles. The van der Waals surface area contributed by atoms with E-state index in [9.17, 15) is 0 Å². The number of rotatable bonds is 6. The fraction of sp³-hybridized carbons (Fsp3) is 0.462. The largest absolute Gasteiger partial charge is 0.317 e. The maximum absolute atomic E-state index is 4.28. The number of nitrogens with zero attached hydrogens (tertiary/aromatic N) is 3. The molecule has 0 aliphatic heterocycles. The molecule has 2 aromatic heterocycles. The van der Waals surface area contributed by atoms with E-state index >= 15 is 0 Å². The van der Waals surface area contributed by atoms with Crippen LogP contribution in [0, 0.1) is 6.92 Å². The van der Waals surface area contributed by atoms with Crippen LogP contribution in [-0.4, -0.2) is 28.3 Å². The Labute approximate surface area is 111 Å². The Kier molecular flexibility index (Phi) is 4.78. The first-order valence-corrected chi connectivity index (χ1v) is 7.07. The Bertz CT molecular complexity index is 478. The molecule has 96 valence electrons. The Morgan fingerprint density at radius 2 is 2.17 bits per heavy atom. The van der Waals surface area contributed by atoms with Crippen molar-refractivity contribution in [1.29, 1.82) is 0 Å². The zero-order valence-corrected chi connectivity index (χ0v) is 11.6. The second-order valence-electron chi connectivity index (χ2n) is 4.15. The van der Waals surface area contributed by atoms with Crippen LogP contribution in [0.1, 0.15) is 24.0 Å². The highest BCUT2D eigenvalue weighted by molar-refractivity contribution is 7.14. The Morgan fingerprint density at radius 1 is 1.28 bits per heavy atom. The van der Waals surface area contributed by atoms with Gasteiger partial charge in [0.2, 0.25) is 0 Å².